The van der Waals surface area contributed by atoms with Gasteiger partial charge in [-0.1, -0.05) is 79.8 Å². The highest BCUT2D eigenvalue weighted by atomic mass is 79.9. The van der Waals surface area contributed by atoms with Crippen molar-refractivity contribution in [1.82, 2.24) is 19.1 Å². The zero-order valence-electron chi connectivity index (χ0n) is 62.0. The van der Waals surface area contributed by atoms with Crippen LogP contribution in [0.3, 0.4) is 0 Å². The number of ether oxygens (including phenoxy) is 3. The summed E-state index contributed by atoms with van der Waals surface area (Å²) in [6.45, 7) is 16.5. The Morgan fingerprint density at radius 2 is 0.796 bits per heavy atom. The van der Waals surface area contributed by atoms with Crippen molar-refractivity contribution in [2.24, 2.45) is 126 Å². The van der Waals surface area contributed by atoms with Gasteiger partial charge in [-0.05, 0) is 277 Å². The highest BCUT2D eigenvalue weighted by molar-refractivity contribution is 9.09. The number of halogens is 5. The molecule has 2 aromatic heterocycles. The van der Waals surface area contributed by atoms with Crippen molar-refractivity contribution in [3.8, 4) is 0 Å². The van der Waals surface area contributed by atoms with Gasteiger partial charge in [-0.15, -0.1) is 0 Å². The third kappa shape index (κ3) is 16.8. The number of carbonyl (C=O) groups excluding carboxylic acids is 3. The fourth-order valence-corrected chi connectivity index (χ4v) is 27.0. The van der Waals surface area contributed by atoms with Gasteiger partial charge < -0.3 is 38.7 Å². The molecule has 0 radical (unpaired) electrons. The standard InChI is InChI=1S/2C26H39FN2O3.C23H37BrO3.C4H4FN.CH3FS.3CH4/c2*1-24-10-11-26(31,15-32-3)12-17(24)4-5-18-19-6-7-21(25(19,2)9-8-20(18)24)22(30)13-29-14-23(27)28-16-29;1-21-10-11-23(26,14-27-3)12-15(21)4-5-16-17-6-7-19(20(25)13-24)22(17,2)9-8-18(16)21;5-4-1-2-6-3-4;1-3-2;;;/h2*14,16-21,31H,4-13,15H2,1-3H3;15-19,26H,4-14H2,1-3H3;2-3H,1H2;1H3;3*1H4/t17-,18-,19-,20-,21?,24-,25-,26+;17-,18-,19-,20-,21+,24-,25-,26+;15-,16-,17-,18-,19+,21-,22-,23+;;;;;/m000...../s1. The number of hydrogen-bond donors (Lipinski definition) is 3. The minimum Gasteiger partial charge on any atom is -0.387 e. The first kappa shape index (κ1) is 85.8. The van der Waals surface area contributed by atoms with Gasteiger partial charge in [0, 0.05) is 70.1 Å². The number of hydrogen-bond acceptors (Lipinski definition) is 13. The molecule has 3 heterocycles. The molecular weight excluding hydrogens is 1400 g/mol. The molecule has 13 aliphatic rings. The number of aliphatic hydroxyl groups is 3. The van der Waals surface area contributed by atoms with Crippen LogP contribution in [0.4, 0.5) is 17.1 Å². The summed E-state index contributed by atoms with van der Waals surface area (Å²) < 4.78 is 67.6. The molecule has 1 unspecified atom stereocenters. The lowest BCUT2D eigenvalue weighted by Crippen LogP contribution is -2.56. The number of aliphatic imine (C=N–C) groups is 1. The van der Waals surface area contributed by atoms with Gasteiger partial charge >= 0.3 is 0 Å². The Bertz CT molecular complexity index is 3090. The summed E-state index contributed by atoms with van der Waals surface area (Å²) in [5.74, 6) is 8.16. The SMILES string of the molecule is C.C.C.COC[C@@]1(O)CC[C@@]2(C)[C@@H](CC[C@@H]3[C@@H]2CC[C@]2(C)C(C(=O)Cn4cnc(F)c4)CC[C@@H]32)C1.COC[C@@]1(O)CC[C@@]2(C)[C@@H](CC[C@@H]3[C@@H]2CC[C@]2(C)[C@@H](C(=O)CBr)CC[C@@H]32)C1.COC[C@@]1(O)CC[C@@]2(C)[C@@H](CC[C@@H]3[C@@H]2CC[C@]2(C)[C@@H](C(=O)Cn4cnc(F)c4)CC[C@@H]32)C1.CSF.FC1=CN=CC1. The first-order valence-electron chi connectivity index (χ1n) is 38.6. The van der Waals surface area contributed by atoms with Crippen LogP contribution in [-0.2, 0) is 41.7 Å². The number of ketones is 3. The Morgan fingerprint density at radius 3 is 1.05 bits per heavy atom. The molecule has 0 aromatic carbocycles. The summed E-state index contributed by atoms with van der Waals surface area (Å²) in [4.78, 5) is 49.9. The number of alkyl halides is 1. The molecule has 103 heavy (non-hydrogen) atoms. The maximum atomic E-state index is 13.3. The summed E-state index contributed by atoms with van der Waals surface area (Å²) in [6.07, 6.45) is 39.5. The van der Waals surface area contributed by atoms with Gasteiger partial charge in [0.1, 0.15) is 11.6 Å². The van der Waals surface area contributed by atoms with Crippen LogP contribution in [0.5, 0.6) is 0 Å². The van der Waals surface area contributed by atoms with E-state index in [-0.39, 0.29) is 98.9 Å². The highest BCUT2D eigenvalue weighted by Gasteiger charge is 2.66. The van der Waals surface area contributed by atoms with Crippen molar-refractivity contribution in [3.05, 3.63) is 49.0 Å². The van der Waals surface area contributed by atoms with E-state index in [9.17, 15) is 46.8 Å². The summed E-state index contributed by atoms with van der Waals surface area (Å²) in [5, 5.41) is 33.6. The van der Waals surface area contributed by atoms with Crippen LogP contribution in [0, 0.1) is 133 Å². The number of carbonyl (C=O) groups is 3. The van der Waals surface area contributed by atoms with Gasteiger partial charge in [0.05, 0.1) is 86.3 Å². The summed E-state index contributed by atoms with van der Waals surface area (Å²) in [6, 6.07) is 0. The maximum absolute atomic E-state index is 13.3. The van der Waals surface area contributed by atoms with Crippen molar-refractivity contribution in [2.45, 2.75) is 273 Å². The molecule has 1 aliphatic heterocycles. The van der Waals surface area contributed by atoms with Crippen molar-refractivity contribution in [1.29, 1.82) is 0 Å². The second-order valence-electron chi connectivity index (χ2n) is 36.1. The summed E-state index contributed by atoms with van der Waals surface area (Å²) in [7, 11) is 5.08. The molecule has 14 nitrogen and oxygen atoms in total. The lowest BCUT2D eigenvalue weighted by molar-refractivity contribution is -0.164. The Balaban J connectivity index is 0.000000182. The van der Waals surface area contributed by atoms with Crippen LogP contribution in [-0.4, -0.2) is 128 Å². The van der Waals surface area contributed by atoms with Crippen LogP contribution in [0.1, 0.15) is 244 Å². The monoisotopic (exact) mass is 1530 g/mol. The first-order chi connectivity index (χ1) is 47.4. The molecule has 12 saturated carbocycles. The second kappa shape index (κ2) is 34.2. The zero-order chi connectivity index (χ0) is 72.0. The van der Waals surface area contributed by atoms with Crippen molar-refractivity contribution in [2.75, 3.05) is 52.7 Å². The number of fused-ring (bicyclic) bond motifs is 15. The molecule has 20 heteroatoms. The Morgan fingerprint density at radius 1 is 0.485 bits per heavy atom. The number of Topliss-reactive ketones (excluding diaryl/α,β-unsaturated/α-hetero) is 3. The van der Waals surface area contributed by atoms with Gasteiger partial charge in [0.25, 0.3) is 0 Å². The number of imidazole rings is 2. The topological polar surface area (TPSA) is 188 Å². The van der Waals surface area contributed by atoms with E-state index in [0.717, 1.165) is 120 Å². The third-order valence-electron chi connectivity index (χ3n) is 31.5. The quantitative estimate of drug-likeness (QED) is 0.120. The van der Waals surface area contributed by atoms with Gasteiger partial charge in [0.2, 0.25) is 11.9 Å². The van der Waals surface area contributed by atoms with Gasteiger partial charge in [-0.2, -0.15) is 12.7 Å². The second-order valence-corrected chi connectivity index (χ2v) is 37.0. The fraction of sp³-hybridized carbons (Fsp3) is 0.855. The van der Waals surface area contributed by atoms with Gasteiger partial charge in [0.15, 0.2) is 11.6 Å². The number of rotatable bonds is 14. The van der Waals surface area contributed by atoms with E-state index in [0.29, 0.717) is 107 Å². The molecule has 0 amide bonds. The minimum atomic E-state index is -0.660. The van der Waals surface area contributed by atoms with E-state index in [1.807, 2.05) is 0 Å². The smallest absolute Gasteiger partial charge is 0.230 e. The molecule has 0 spiro atoms. The van der Waals surface area contributed by atoms with Crippen LogP contribution < -0.4 is 0 Å². The highest BCUT2D eigenvalue weighted by Crippen LogP contribution is 2.72. The first-order valence-corrected chi connectivity index (χ1v) is 40.8. The third-order valence-corrected chi connectivity index (χ3v) is 32.0. The van der Waals surface area contributed by atoms with Crippen LogP contribution in [0.25, 0.3) is 0 Å². The van der Waals surface area contributed by atoms with E-state index >= 15 is 0 Å². The van der Waals surface area contributed by atoms with Gasteiger partial charge in [-0.25, -0.2) is 14.4 Å². The number of nitrogens with zero attached hydrogens (tertiary/aromatic N) is 5. The minimum absolute atomic E-state index is 0. The molecule has 3 N–H and O–H groups in total. The molecular formula is C83H134BrF4N5O9S. The maximum Gasteiger partial charge on any atom is 0.230 e. The molecule has 24 atom stereocenters. The Hall–Kier alpha value is -2.85. The van der Waals surface area contributed by atoms with E-state index < -0.39 is 28.7 Å². The number of aromatic nitrogens is 4. The van der Waals surface area contributed by atoms with Crippen LogP contribution in [0.15, 0.2) is 42.1 Å². The molecule has 0 bridgehead atoms. The summed E-state index contributed by atoms with van der Waals surface area (Å²) >= 11 is 3.68. The molecule has 12 aliphatic carbocycles. The van der Waals surface area contributed by atoms with E-state index in [1.165, 1.54) is 114 Å². The van der Waals surface area contributed by atoms with Crippen molar-refractivity contribution >= 4 is 51.6 Å². The van der Waals surface area contributed by atoms with Gasteiger partial charge in [-0.3, -0.25) is 19.4 Å². The molecule has 2 aromatic rings. The molecule has 12 fully saturated rings. The lowest BCUT2D eigenvalue weighted by Gasteiger charge is -2.62. The predicted molar refractivity (Wildman–Crippen MR) is 406 cm³/mol. The Labute approximate surface area is 629 Å². The normalized spacial score (nSPS) is 43.3. The lowest BCUT2D eigenvalue weighted by atomic mass is 9.44. The Kier molecular flexibility index (Phi) is 28.5. The largest absolute Gasteiger partial charge is 0.387 e. The molecule has 15 rings (SSSR count). The number of methoxy groups -OCH3 is 3. The predicted octanol–water partition coefficient (Wildman–Crippen LogP) is 18.7. The average Bonchev–Trinajstić information content (AvgIpc) is 1.72. The van der Waals surface area contributed by atoms with Crippen LogP contribution in [0.2, 0.25) is 0 Å². The fourth-order valence-electron chi connectivity index (χ4n) is 26.6. The van der Waals surface area contributed by atoms with E-state index in [1.54, 1.807) is 30.5 Å². The van der Waals surface area contributed by atoms with Crippen molar-refractivity contribution < 1.29 is 61.0 Å². The van der Waals surface area contributed by atoms with Crippen molar-refractivity contribution in [3.63, 3.8) is 0 Å². The van der Waals surface area contributed by atoms with Crippen LogP contribution >= 0.6 is 28.1 Å². The zero-order valence-corrected chi connectivity index (χ0v) is 64.4. The average molecular weight is 1530 g/mol. The van der Waals surface area contributed by atoms with E-state index in [2.05, 4.69) is 72.4 Å². The number of allylic oxidation sites excluding steroid dienone is 1. The van der Waals surface area contributed by atoms with E-state index in [4.69, 9.17) is 14.2 Å². The summed E-state index contributed by atoms with van der Waals surface area (Å²) in [5.41, 5.74) is -0.642. The molecule has 0 saturated heterocycles. The molecule has 586 valence electrons.